The number of esters is 1. The van der Waals surface area contributed by atoms with Crippen LogP contribution in [0.1, 0.15) is 84.8 Å². The highest BCUT2D eigenvalue weighted by Gasteiger charge is 2.54. The fraction of sp³-hybridized carbons (Fsp3) is 0.408. The third-order valence-electron chi connectivity index (χ3n) is 12.5. The minimum absolute atomic E-state index is 0.0401. The number of aliphatic hydroxyl groups is 1. The molecule has 3 aliphatic rings. The molecule has 16 N–H and O–H groups in total. The Bertz CT molecular complexity index is 2780. The number of nitrogens with two attached hydrogens (primary N) is 2. The van der Waals surface area contributed by atoms with Crippen molar-refractivity contribution in [1.29, 1.82) is 0 Å². The highest BCUT2D eigenvalue weighted by Crippen LogP contribution is 2.57. The monoisotopic (exact) mass is 1090 g/mol. The predicted molar refractivity (Wildman–Crippen MR) is 274 cm³/mol. The molecule has 1 fully saturated rings. The molecule has 0 aromatic heterocycles. The molecule has 77 heavy (non-hydrogen) atoms. The molecule has 1 spiro atoms. The lowest BCUT2D eigenvalue weighted by Gasteiger charge is -2.36. The Balaban J connectivity index is 0.920. The van der Waals surface area contributed by atoms with E-state index in [9.17, 15) is 68.7 Å². The van der Waals surface area contributed by atoms with Gasteiger partial charge in [0.15, 0.2) is 16.7 Å². The van der Waals surface area contributed by atoms with Crippen molar-refractivity contribution in [1.82, 2.24) is 36.8 Å². The van der Waals surface area contributed by atoms with Gasteiger partial charge >= 0.3 is 17.9 Å². The number of likely N-dealkylation sites (tertiary alicyclic amines) is 1. The van der Waals surface area contributed by atoms with Gasteiger partial charge in [-0.15, -0.1) is 0 Å². The van der Waals surface area contributed by atoms with Gasteiger partial charge < -0.3 is 88.6 Å². The number of fused-ring (bicyclic) bond motifs is 6. The van der Waals surface area contributed by atoms with Crippen molar-refractivity contribution in [3.8, 4) is 23.0 Å². The van der Waals surface area contributed by atoms with Crippen LogP contribution in [0.3, 0.4) is 0 Å². The van der Waals surface area contributed by atoms with E-state index in [0.717, 1.165) is 4.90 Å². The van der Waals surface area contributed by atoms with Crippen molar-refractivity contribution in [2.45, 2.75) is 87.6 Å². The quantitative estimate of drug-likeness (QED) is 0.0156. The van der Waals surface area contributed by atoms with Gasteiger partial charge in [0.2, 0.25) is 35.4 Å². The molecule has 6 amide bonds. The van der Waals surface area contributed by atoms with E-state index in [2.05, 4.69) is 42.2 Å². The molecule has 412 valence electrons. The Morgan fingerprint density at radius 2 is 1.42 bits per heavy atom. The van der Waals surface area contributed by atoms with Gasteiger partial charge in [0.1, 0.15) is 47.2 Å². The fourth-order valence-corrected chi connectivity index (χ4v) is 9.12. The molecule has 28 heteroatoms. The maximum atomic E-state index is 13.5. The minimum Gasteiger partial charge on any atom is -0.508 e. The lowest BCUT2D eigenvalue weighted by atomic mass is 9.77. The second-order valence-electron chi connectivity index (χ2n) is 18.0. The number of unbranched alkanes of at least 4 members (excludes halogenated alkanes) is 2. The van der Waals surface area contributed by atoms with E-state index in [1.165, 1.54) is 24.3 Å². The van der Waals surface area contributed by atoms with Crippen LogP contribution in [0.2, 0.25) is 0 Å². The molecule has 1 saturated heterocycles. The summed E-state index contributed by atoms with van der Waals surface area (Å²) in [5.41, 5.74) is 11.6. The summed E-state index contributed by atoms with van der Waals surface area (Å²) in [5, 5.41) is 67.0. The van der Waals surface area contributed by atoms with E-state index in [0.29, 0.717) is 54.6 Å². The SMILES string of the molecule is NC(N)=NCCC[C@H](NC(=O)CNC(=O)CCCCCNC(=S)Nc1ccc2c(c1)C(=O)OC21c2ccc(O)cc2Oc2cc(O)ccc21)C(=O)NCC(=O)N[C@@H](CC(=O)O)C(=O)N[C@@H](CO)C(=O)N1CCC[C@H]1C(=O)O. The number of aromatic hydroxyl groups is 2. The number of hydrogen-bond acceptors (Lipinski definition) is 16. The topological polar surface area (TPSA) is 425 Å². The van der Waals surface area contributed by atoms with Crippen LogP contribution < -0.4 is 53.4 Å². The number of carboxylic acid groups (broad SMARTS) is 2. The van der Waals surface area contributed by atoms with Crippen LogP contribution in [0.25, 0.3) is 0 Å². The van der Waals surface area contributed by atoms with Crippen molar-refractivity contribution in [2.75, 3.05) is 44.6 Å². The summed E-state index contributed by atoms with van der Waals surface area (Å²) in [5.74, 6) is -8.52. The summed E-state index contributed by atoms with van der Waals surface area (Å²) in [6.45, 7) is -1.76. The molecule has 0 radical (unpaired) electrons. The number of nitrogens with one attached hydrogen (secondary N) is 7. The van der Waals surface area contributed by atoms with Crippen LogP contribution in [-0.4, -0.2) is 158 Å². The number of aliphatic carboxylic acids is 2. The summed E-state index contributed by atoms with van der Waals surface area (Å²) in [6, 6.07) is 8.09. The third-order valence-corrected chi connectivity index (χ3v) is 12.8. The Hall–Kier alpha value is -8.79. The van der Waals surface area contributed by atoms with Gasteiger partial charge in [-0.3, -0.25) is 38.6 Å². The van der Waals surface area contributed by atoms with Gasteiger partial charge in [-0.2, -0.15) is 0 Å². The van der Waals surface area contributed by atoms with Crippen LogP contribution in [-0.2, 0) is 48.7 Å². The first-order valence-corrected chi connectivity index (χ1v) is 24.7. The molecular formula is C49H59N11O16S. The standard InChI is InChI=1S/C49H59N11O16S/c50-47(51)52-16-4-6-32(42(69)55-23-40(66)58-33(21-41(67)68)43(70)59-34(24-61)44(71)60-17-5-7-35(60)45(72)73)57-39(65)22-54-38(64)8-2-1-3-15-53-48(77)56-25-9-12-29-28(18-25)46(74)76-49(29)30-13-10-26(62)19-36(30)75-37-20-27(63)11-14-31(37)49/h9-14,18-20,32-35,61-63H,1-8,15-17,21-24H2,(H,54,64)(H,55,69)(H,57,65)(H,58,66)(H,59,70)(H,67,68)(H,72,73)(H4,50,51,52)(H2,53,56,77)/t32-,33-,34-,35-/m0/s1. The predicted octanol–water partition coefficient (Wildman–Crippen LogP) is -1.20. The molecule has 0 saturated carbocycles. The van der Waals surface area contributed by atoms with Gasteiger partial charge in [0.05, 0.1) is 31.7 Å². The highest BCUT2D eigenvalue weighted by molar-refractivity contribution is 7.80. The zero-order chi connectivity index (χ0) is 56.0. The lowest BCUT2D eigenvalue weighted by molar-refractivity contribution is -0.150. The number of anilines is 1. The average molecular weight is 1090 g/mol. The Kier molecular flexibility index (Phi) is 19.5. The van der Waals surface area contributed by atoms with Crippen LogP contribution in [0.4, 0.5) is 5.69 Å². The number of phenolic OH excluding ortho intramolecular Hbond substituents is 2. The Morgan fingerprint density at radius 1 is 0.766 bits per heavy atom. The number of carbonyl (C=O) groups excluding carboxylic acids is 7. The lowest BCUT2D eigenvalue weighted by Crippen LogP contribution is -2.58. The van der Waals surface area contributed by atoms with Crippen molar-refractivity contribution in [3.05, 3.63) is 76.9 Å². The number of benzene rings is 3. The minimum atomic E-state index is -1.80. The number of hydrogen-bond donors (Lipinski definition) is 14. The summed E-state index contributed by atoms with van der Waals surface area (Å²) >= 11 is 5.49. The largest absolute Gasteiger partial charge is 0.508 e. The number of nitrogens with zero attached hydrogens (tertiary/aromatic N) is 2. The number of thiocarbonyl (C=S) groups is 1. The molecule has 0 unspecified atom stereocenters. The zero-order valence-corrected chi connectivity index (χ0v) is 42.1. The van der Waals surface area contributed by atoms with Crippen LogP contribution in [0.15, 0.2) is 59.6 Å². The number of rotatable bonds is 25. The molecule has 0 bridgehead atoms. The normalized spacial score (nSPS) is 15.6. The molecule has 6 rings (SSSR count). The maximum Gasteiger partial charge on any atom is 0.340 e. The number of carboxylic acids is 2. The number of ether oxygens (including phenoxy) is 2. The zero-order valence-electron chi connectivity index (χ0n) is 41.3. The molecule has 27 nitrogen and oxygen atoms in total. The second kappa shape index (κ2) is 26.1. The van der Waals surface area contributed by atoms with E-state index in [1.54, 1.807) is 30.3 Å². The van der Waals surface area contributed by atoms with Crippen molar-refractivity contribution >= 4 is 82.3 Å². The van der Waals surface area contributed by atoms with E-state index in [4.69, 9.17) is 33.2 Å². The average Bonchev–Trinajstić information content (AvgIpc) is 4.16. The maximum absolute atomic E-state index is 13.5. The summed E-state index contributed by atoms with van der Waals surface area (Å²) < 4.78 is 12.1. The van der Waals surface area contributed by atoms with Gasteiger partial charge in [-0.05, 0) is 87.1 Å². The first-order valence-electron chi connectivity index (χ1n) is 24.3. The molecule has 0 aliphatic carbocycles. The van der Waals surface area contributed by atoms with E-state index >= 15 is 0 Å². The van der Waals surface area contributed by atoms with Crippen molar-refractivity contribution < 1.29 is 78.2 Å². The van der Waals surface area contributed by atoms with Crippen LogP contribution >= 0.6 is 12.2 Å². The smallest absolute Gasteiger partial charge is 0.340 e. The molecular weight excluding hydrogens is 1030 g/mol. The Labute approximate surface area is 444 Å². The fourth-order valence-electron chi connectivity index (χ4n) is 8.90. The van der Waals surface area contributed by atoms with Crippen molar-refractivity contribution in [2.24, 2.45) is 16.5 Å². The molecule has 3 heterocycles. The van der Waals surface area contributed by atoms with Crippen molar-refractivity contribution in [3.63, 3.8) is 0 Å². The van der Waals surface area contributed by atoms with Gasteiger partial charge in [0, 0.05) is 60.6 Å². The molecule has 3 aromatic carbocycles. The number of aliphatic imine (C=N–C) groups is 1. The van der Waals surface area contributed by atoms with Crippen LogP contribution in [0.5, 0.6) is 23.0 Å². The van der Waals surface area contributed by atoms with E-state index < -0.39 is 109 Å². The Morgan fingerprint density at radius 3 is 2.05 bits per heavy atom. The van der Waals surface area contributed by atoms with E-state index in [-0.39, 0.29) is 78.4 Å². The number of phenols is 2. The molecule has 3 aliphatic heterocycles. The number of carbonyl (C=O) groups is 9. The summed E-state index contributed by atoms with van der Waals surface area (Å²) in [6.07, 6.45) is 1.36. The van der Waals surface area contributed by atoms with Gasteiger partial charge in [-0.25, -0.2) is 9.59 Å². The van der Waals surface area contributed by atoms with Crippen LogP contribution in [0, 0.1) is 0 Å². The number of amides is 6. The van der Waals surface area contributed by atoms with Gasteiger partial charge in [-0.1, -0.05) is 12.5 Å². The summed E-state index contributed by atoms with van der Waals surface area (Å²) in [7, 11) is 0. The first-order chi connectivity index (χ1) is 36.7. The highest BCUT2D eigenvalue weighted by atomic mass is 32.1. The number of guanidine groups is 1. The first kappa shape index (κ1) is 57.5. The molecule has 4 atom stereocenters. The van der Waals surface area contributed by atoms with E-state index in [1.807, 2.05) is 0 Å². The number of aliphatic hydroxyl groups excluding tert-OH is 1. The molecule has 3 aromatic rings. The summed E-state index contributed by atoms with van der Waals surface area (Å²) in [4.78, 5) is 119. The van der Waals surface area contributed by atoms with Gasteiger partial charge in [0.25, 0.3) is 0 Å². The second-order valence-corrected chi connectivity index (χ2v) is 18.4. The third kappa shape index (κ3) is 14.7.